The third-order valence-corrected chi connectivity index (χ3v) is 2.76. The van der Waals surface area contributed by atoms with Gasteiger partial charge in [-0.15, -0.1) is 0 Å². The van der Waals surface area contributed by atoms with E-state index in [9.17, 15) is 5.11 Å². The van der Waals surface area contributed by atoms with Crippen LogP contribution in [0.25, 0.3) is 0 Å². The van der Waals surface area contributed by atoms with Gasteiger partial charge in [-0.25, -0.2) is 0 Å². The van der Waals surface area contributed by atoms with E-state index in [2.05, 4.69) is 24.1 Å². The Kier molecular flexibility index (Phi) is 5.38. The highest BCUT2D eigenvalue weighted by Crippen LogP contribution is 2.13. The van der Waals surface area contributed by atoms with Crippen LogP contribution >= 0.6 is 0 Å². The minimum Gasteiger partial charge on any atom is -0.497 e. The van der Waals surface area contributed by atoms with E-state index < -0.39 is 0 Å². The fourth-order valence-corrected chi connectivity index (χ4v) is 1.66. The van der Waals surface area contributed by atoms with Crippen LogP contribution in [-0.2, 0) is 6.54 Å². The molecule has 1 aromatic rings. The van der Waals surface area contributed by atoms with Crippen LogP contribution < -0.4 is 10.1 Å². The van der Waals surface area contributed by atoms with Crippen LogP contribution in [0.4, 0.5) is 0 Å². The molecule has 0 aliphatic rings. The molecular weight excluding hydrogens is 216 g/mol. The van der Waals surface area contributed by atoms with Gasteiger partial charge in [-0.3, -0.25) is 4.98 Å². The summed E-state index contributed by atoms with van der Waals surface area (Å²) in [5.74, 6) is 1.21. The highest BCUT2D eigenvalue weighted by molar-refractivity contribution is 5.26. The molecule has 0 spiro atoms. The van der Waals surface area contributed by atoms with E-state index >= 15 is 0 Å². The highest BCUT2D eigenvalue weighted by atomic mass is 16.5. The fourth-order valence-electron chi connectivity index (χ4n) is 1.66. The van der Waals surface area contributed by atoms with Crippen LogP contribution in [0, 0.1) is 12.8 Å². The second-order valence-electron chi connectivity index (χ2n) is 4.55. The third kappa shape index (κ3) is 4.32. The molecule has 4 heteroatoms. The van der Waals surface area contributed by atoms with Crippen LogP contribution in [-0.4, -0.2) is 29.8 Å². The first kappa shape index (κ1) is 13.9. The normalized spacial score (nSPS) is 12.8. The summed E-state index contributed by atoms with van der Waals surface area (Å²) in [5.41, 5.74) is 1.87. The molecule has 4 nitrogen and oxygen atoms in total. The molecule has 0 radical (unpaired) electrons. The van der Waals surface area contributed by atoms with E-state index in [1.54, 1.807) is 7.11 Å². The molecule has 0 aromatic carbocycles. The Balaban J connectivity index is 2.65. The van der Waals surface area contributed by atoms with E-state index in [-0.39, 0.29) is 12.6 Å². The van der Waals surface area contributed by atoms with Crippen molar-refractivity contribution in [2.75, 3.05) is 13.7 Å². The molecule has 17 heavy (non-hydrogen) atoms. The van der Waals surface area contributed by atoms with Gasteiger partial charge in [0.1, 0.15) is 5.75 Å². The summed E-state index contributed by atoms with van der Waals surface area (Å²) in [6.07, 6.45) is 0. The molecule has 1 heterocycles. The van der Waals surface area contributed by atoms with Crippen molar-refractivity contribution >= 4 is 0 Å². The van der Waals surface area contributed by atoms with Crippen molar-refractivity contribution in [1.82, 2.24) is 10.3 Å². The Labute approximate surface area is 103 Å². The topological polar surface area (TPSA) is 54.4 Å². The van der Waals surface area contributed by atoms with Crippen molar-refractivity contribution in [2.45, 2.75) is 33.4 Å². The maximum absolute atomic E-state index is 9.22. The summed E-state index contributed by atoms with van der Waals surface area (Å²) in [4.78, 5) is 4.42. The molecule has 1 aromatic heterocycles. The van der Waals surface area contributed by atoms with Gasteiger partial charge < -0.3 is 15.2 Å². The number of ether oxygens (including phenoxy) is 1. The van der Waals surface area contributed by atoms with E-state index in [0.29, 0.717) is 12.5 Å². The lowest BCUT2D eigenvalue weighted by Gasteiger charge is -2.19. The summed E-state index contributed by atoms with van der Waals surface area (Å²) in [6.45, 7) is 6.89. The number of nitrogens with one attached hydrogen (secondary N) is 1. The second kappa shape index (κ2) is 6.57. The van der Waals surface area contributed by atoms with Crippen LogP contribution in [0.3, 0.4) is 0 Å². The van der Waals surface area contributed by atoms with Crippen LogP contribution in [0.5, 0.6) is 5.75 Å². The lowest BCUT2D eigenvalue weighted by molar-refractivity contribution is 0.209. The average molecular weight is 238 g/mol. The second-order valence-corrected chi connectivity index (χ2v) is 4.55. The first-order valence-electron chi connectivity index (χ1n) is 5.92. The molecule has 2 N–H and O–H groups in total. The number of hydrogen-bond acceptors (Lipinski definition) is 4. The van der Waals surface area contributed by atoms with Crippen LogP contribution in [0.1, 0.15) is 25.2 Å². The van der Waals surface area contributed by atoms with E-state index in [4.69, 9.17) is 4.74 Å². The molecule has 96 valence electrons. The molecule has 0 amide bonds. The van der Waals surface area contributed by atoms with Gasteiger partial charge in [0.15, 0.2) is 0 Å². The standard InChI is InChI=1S/C13H22N2O2/c1-9(2)13(8-16)14-7-11-6-12(17-4)5-10(3)15-11/h5-6,9,13-14,16H,7-8H2,1-4H3/t13-/m1/s1. The van der Waals surface area contributed by atoms with Gasteiger partial charge in [0, 0.05) is 30.4 Å². The number of methoxy groups -OCH3 is 1. The summed E-state index contributed by atoms with van der Waals surface area (Å²) in [6, 6.07) is 3.91. The van der Waals surface area contributed by atoms with Crippen molar-refractivity contribution in [3.63, 3.8) is 0 Å². The predicted molar refractivity (Wildman–Crippen MR) is 68.1 cm³/mol. The molecule has 0 unspecified atom stereocenters. The summed E-state index contributed by atoms with van der Waals surface area (Å²) < 4.78 is 5.20. The molecule has 0 bridgehead atoms. The maximum Gasteiger partial charge on any atom is 0.122 e. The summed E-state index contributed by atoms with van der Waals surface area (Å²) in [7, 11) is 1.65. The van der Waals surface area contributed by atoms with E-state index in [0.717, 1.165) is 17.1 Å². The number of aliphatic hydroxyl groups is 1. The first-order chi connectivity index (χ1) is 8.06. The number of aromatic nitrogens is 1. The molecule has 1 rings (SSSR count). The maximum atomic E-state index is 9.22. The lowest BCUT2D eigenvalue weighted by atomic mass is 10.1. The number of rotatable bonds is 6. The van der Waals surface area contributed by atoms with Gasteiger partial charge in [-0.1, -0.05) is 13.8 Å². The molecule has 0 fully saturated rings. The van der Waals surface area contributed by atoms with Crippen molar-refractivity contribution in [2.24, 2.45) is 5.92 Å². The van der Waals surface area contributed by atoms with Crippen molar-refractivity contribution < 1.29 is 9.84 Å². The molecule has 0 saturated heterocycles. The van der Waals surface area contributed by atoms with Crippen molar-refractivity contribution in [3.05, 3.63) is 23.5 Å². The van der Waals surface area contributed by atoms with Gasteiger partial charge in [0.05, 0.1) is 19.4 Å². The summed E-state index contributed by atoms with van der Waals surface area (Å²) >= 11 is 0. The largest absolute Gasteiger partial charge is 0.497 e. The van der Waals surface area contributed by atoms with Gasteiger partial charge in [0.2, 0.25) is 0 Å². The van der Waals surface area contributed by atoms with Crippen LogP contribution in [0.15, 0.2) is 12.1 Å². The minimum atomic E-state index is 0.100. The summed E-state index contributed by atoms with van der Waals surface area (Å²) in [5, 5.41) is 12.5. The average Bonchev–Trinajstić information content (AvgIpc) is 2.28. The lowest BCUT2D eigenvalue weighted by Crippen LogP contribution is -2.36. The Morgan fingerprint density at radius 1 is 1.41 bits per heavy atom. The molecule has 1 atom stereocenters. The van der Waals surface area contributed by atoms with E-state index in [1.165, 1.54) is 0 Å². The Morgan fingerprint density at radius 2 is 2.12 bits per heavy atom. The third-order valence-electron chi connectivity index (χ3n) is 2.76. The zero-order valence-electron chi connectivity index (χ0n) is 11.0. The molecule has 0 saturated carbocycles. The quantitative estimate of drug-likeness (QED) is 0.788. The minimum absolute atomic E-state index is 0.100. The zero-order valence-corrected chi connectivity index (χ0v) is 11.0. The Morgan fingerprint density at radius 3 is 2.65 bits per heavy atom. The number of nitrogens with zero attached hydrogens (tertiary/aromatic N) is 1. The number of aliphatic hydroxyl groups excluding tert-OH is 1. The monoisotopic (exact) mass is 238 g/mol. The van der Waals surface area contributed by atoms with Gasteiger partial charge in [0.25, 0.3) is 0 Å². The number of hydrogen-bond donors (Lipinski definition) is 2. The highest BCUT2D eigenvalue weighted by Gasteiger charge is 2.11. The van der Waals surface area contributed by atoms with Crippen molar-refractivity contribution in [1.29, 1.82) is 0 Å². The Bertz CT molecular complexity index is 353. The van der Waals surface area contributed by atoms with Crippen LogP contribution in [0.2, 0.25) is 0 Å². The fraction of sp³-hybridized carbons (Fsp3) is 0.615. The van der Waals surface area contributed by atoms with Gasteiger partial charge in [-0.2, -0.15) is 0 Å². The van der Waals surface area contributed by atoms with E-state index in [1.807, 2.05) is 19.1 Å². The molecule has 0 aliphatic carbocycles. The van der Waals surface area contributed by atoms with Gasteiger partial charge >= 0.3 is 0 Å². The zero-order chi connectivity index (χ0) is 12.8. The van der Waals surface area contributed by atoms with Crippen molar-refractivity contribution in [3.8, 4) is 5.75 Å². The SMILES string of the molecule is COc1cc(C)nc(CN[C@H](CO)C(C)C)c1. The molecular formula is C13H22N2O2. The number of pyridine rings is 1. The Hall–Kier alpha value is -1.13. The number of aryl methyl sites for hydroxylation is 1. The first-order valence-corrected chi connectivity index (χ1v) is 5.92. The van der Waals surface area contributed by atoms with Gasteiger partial charge in [-0.05, 0) is 12.8 Å². The predicted octanol–water partition coefficient (Wildman–Crippen LogP) is 1.51. The smallest absolute Gasteiger partial charge is 0.122 e. The molecule has 0 aliphatic heterocycles.